The molecular weight excluding hydrogens is 348 g/mol. The lowest BCUT2D eigenvalue weighted by molar-refractivity contribution is 0.0697. The standard InChI is InChI=1S/C13H6BrF2N3O2/c14-8-3-6(4-17)5-18-12(8)19-11-7(13(20)21)1-2-9(15)10(11)16/h1-3,5H,(H,18,19)(H,20,21). The number of carboxylic acids is 1. The molecule has 0 radical (unpaired) electrons. The van der Waals surface area contributed by atoms with Gasteiger partial charge in [0.25, 0.3) is 0 Å². The highest BCUT2D eigenvalue weighted by Crippen LogP contribution is 2.29. The van der Waals surface area contributed by atoms with Crippen molar-refractivity contribution in [1.82, 2.24) is 4.98 Å². The lowest BCUT2D eigenvalue weighted by Crippen LogP contribution is -2.07. The van der Waals surface area contributed by atoms with Crippen molar-refractivity contribution in [2.75, 3.05) is 5.32 Å². The van der Waals surface area contributed by atoms with Crippen molar-refractivity contribution in [3.8, 4) is 6.07 Å². The molecule has 0 aliphatic carbocycles. The summed E-state index contributed by atoms with van der Waals surface area (Å²) >= 11 is 3.11. The molecule has 1 aromatic carbocycles. The zero-order chi connectivity index (χ0) is 15.6. The maximum Gasteiger partial charge on any atom is 0.337 e. The molecule has 2 rings (SSSR count). The first-order valence-corrected chi connectivity index (χ1v) is 6.27. The quantitative estimate of drug-likeness (QED) is 0.882. The molecule has 0 fully saturated rings. The number of rotatable bonds is 3. The number of hydrogen-bond acceptors (Lipinski definition) is 4. The Morgan fingerprint density at radius 1 is 1.43 bits per heavy atom. The van der Waals surface area contributed by atoms with Crippen LogP contribution in [0.3, 0.4) is 0 Å². The van der Waals surface area contributed by atoms with E-state index in [0.717, 1.165) is 12.1 Å². The molecule has 0 saturated heterocycles. The summed E-state index contributed by atoms with van der Waals surface area (Å²) in [6, 6.07) is 4.94. The Labute approximate surface area is 126 Å². The van der Waals surface area contributed by atoms with Crippen LogP contribution in [0.2, 0.25) is 0 Å². The zero-order valence-corrected chi connectivity index (χ0v) is 11.8. The van der Waals surface area contributed by atoms with E-state index in [0.29, 0.717) is 4.47 Å². The lowest BCUT2D eigenvalue weighted by Gasteiger charge is -2.11. The van der Waals surface area contributed by atoms with E-state index in [1.165, 1.54) is 12.3 Å². The average molecular weight is 354 g/mol. The van der Waals surface area contributed by atoms with Crippen LogP contribution >= 0.6 is 15.9 Å². The van der Waals surface area contributed by atoms with Gasteiger partial charge in [-0.3, -0.25) is 0 Å². The third kappa shape index (κ3) is 2.98. The molecule has 0 unspecified atom stereocenters. The number of hydrogen-bond donors (Lipinski definition) is 2. The summed E-state index contributed by atoms with van der Waals surface area (Å²) in [6.45, 7) is 0. The lowest BCUT2D eigenvalue weighted by atomic mass is 10.1. The first kappa shape index (κ1) is 14.9. The van der Waals surface area contributed by atoms with E-state index in [9.17, 15) is 13.6 Å². The van der Waals surface area contributed by atoms with Crippen LogP contribution in [0.5, 0.6) is 0 Å². The number of pyridine rings is 1. The Hall–Kier alpha value is -2.53. The summed E-state index contributed by atoms with van der Waals surface area (Å²) in [5.41, 5.74) is -0.724. The zero-order valence-electron chi connectivity index (χ0n) is 10.2. The summed E-state index contributed by atoms with van der Waals surface area (Å²) in [5.74, 6) is -3.87. The SMILES string of the molecule is N#Cc1cnc(Nc2c(C(=O)O)ccc(F)c2F)c(Br)c1. The van der Waals surface area contributed by atoms with Gasteiger partial charge in [-0.25, -0.2) is 18.6 Å². The van der Waals surface area contributed by atoms with Gasteiger partial charge in [0.05, 0.1) is 21.3 Å². The van der Waals surface area contributed by atoms with Gasteiger partial charge in [0.1, 0.15) is 11.9 Å². The van der Waals surface area contributed by atoms with Crippen LogP contribution in [0.15, 0.2) is 28.9 Å². The van der Waals surface area contributed by atoms with Gasteiger partial charge in [-0.2, -0.15) is 5.26 Å². The average Bonchev–Trinajstić information content (AvgIpc) is 2.45. The van der Waals surface area contributed by atoms with E-state index in [1.54, 1.807) is 0 Å². The van der Waals surface area contributed by atoms with Crippen LogP contribution in [0.25, 0.3) is 0 Å². The van der Waals surface area contributed by atoms with Gasteiger partial charge in [0.2, 0.25) is 0 Å². The van der Waals surface area contributed by atoms with Crippen molar-refractivity contribution in [1.29, 1.82) is 5.26 Å². The minimum absolute atomic E-state index is 0.0565. The summed E-state index contributed by atoms with van der Waals surface area (Å²) in [5, 5.41) is 20.1. The molecule has 0 saturated carbocycles. The monoisotopic (exact) mass is 353 g/mol. The third-order valence-corrected chi connectivity index (χ3v) is 3.14. The first-order chi connectivity index (χ1) is 9.93. The van der Waals surface area contributed by atoms with Crippen LogP contribution in [0.4, 0.5) is 20.3 Å². The molecule has 0 bridgehead atoms. The molecule has 5 nitrogen and oxygen atoms in total. The van der Waals surface area contributed by atoms with Crippen molar-refractivity contribution in [2.45, 2.75) is 0 Å². The second-order valence-electron chi connectivity index (χ2n) is 3.88. The van der Waals surface area contributed by atoms with Crippen molar-refractivity contribution in [2.24, 2.45) is 0 Å². The van der Waals surface area contributed by atoms with Crippen LogP contribution in [0, 0.1) is 23.0 Å². The molecule has 21 heavy (non-hydrogen) atoms. The number of carboxylic acid groups (broad SMARTS) is 1. The van der Waals surface area contributed by atoms with Crippen LogP contribution in [-0.2, 0) is 0 Å². The first-order valence-electron chi connectivity index (χ1n) is 5.48. The normalized spacial score (nSPS) is 10.0. The maximum atomic E-state index is 13.8. The molecule has 0 aliphatic heterocycles. The summed E-state index contributed by atoms with van der Waals surface area (Å²) in [4.78, 5) is 14.9. The highest BCUT2D eigenvalue weighted by Gasteiger charge is 2.19. The van der Waals surface area contributed by atoms with E-state index in [2.05, 4.69) is 26.2 Å². The van der Waals surface area contributed by atoms with Crippen LogP contribution in [-0.4, -0.2) is 16.1 Å². The van der Waals surface area contributed by atoms with Gasteiger partial charge in [0, 0.05) is 6.20 Å². The molecule has 0 amide bonds. The highest BCUT2D eigenvalue weighted by molar-refractivity contribution is 9.10. The Bertz CT molecular complexity index is 775. The van der Waals surface area contributed by atoms with Crippen molar-refractivity contribution in [3.05, 3.63) is 51.6 Å². The molecular formula is C13H6BrF2N3O2. The molecule has 8 heteroatoms. The van der Waals surface area contributed by atoms with E-state index < -0.39 is 28.9 Å². The molecule has 0 atom stereocenters. The van der Waals surface area contributed by atoms with Gasteiger partial charge in [-0.1, -0.05) is 0 Å². The van der Waals surface area contributed by atoms with Gasteiger partial charge in [-0.05, 0) is 34.1 Å². The van der Waals surface area contributed by atoms with Crippen molar-refractivity contribution >= 4 is 33.4 Å². The Kier molecular flexibility index (Phi) is 4.14. The molecule has 2 aromatic rings. The number of carbonyl (C=O) groups is 1. The number of aromatic carboxylic acids is 1. The predicted molar refractivity (Wildman–Crippen MR) is 73.3 cm³/mol. The fraction of sp³-hybridized carbons (Fsp3) is 0. The molecule has 106 valence electrons. The fourth-order valence-corrected chi connectivity index (χ4v) is 2.01. The number of halogens is 3. The van der Waals surface area contributed by atoms with Crippen LogP contribution < -0.4 is 5.32 Å². The summed E-state index contributed by atoms with van der Waals surface area (Å²) < 4.78 is 27.4. The molecule has 0 aliphatic rings. The Morgan fingerprint density at radius 2 is 2.14 bits per heavy atom. The Balaban J connectivity index is 2.51. The van der Waals surface area contributed by atoms with Gasteiger partial charge in [0.15, 0.2) is 11.6 Å². The van der Waals surface area contributed by atoms with Gasteiger partial charge >= 0.3 is 5.97 Å². The van der Waals surface area contributed by atoms with Crippen molar-refractivity contribution in [3.63, 3.8) is 0 Å². The van der Waals surface area contributed by atoms with Crippen molar-refractivity contribution < 1.29 is 18.7 Å². The molecule has 1 heterocycles. The smallest absolute Gasteiger partial charge is 0.337 e. The molecule has 0 spiro atoms. The highest BCUT2D eigenvalue weighted by atomic mass is 79.9. The molecule has 2 N–H and O–H groups in total. The minimum atomic E-state index is -1.42. The second-order valence-corrected chi connectivity index (χ2v) is 4.73. The number of nitrogens with one attached hydrogen (secondary N) is 1. The summed E-state index contributed by atoms with van der Waals surface area (Å²) in [6.07, 6.45) is 1.21. The van der Waals surface area contributed by atoms with E-state index in [4.69, 9.17) is 10.4 Å². The second kappa shape index (κ2) is 5.85. The predicted octanol–water partition coefficient (Wildman–Crippen LogP) is 3.44. The number of nitrogens with zero attached hydrogens (tertiary/aromatic N) is 2. The van der Waals surface area contributed by atoms with E-state index in [-0.39, 0.29) is 11.4 Å². The number of anilines is 2. The summed E-state index contributed by atoms with van der Waals surface area (Å²) in [7, 11) is 0. The van der Waals surface area contributed by atoms with Gasteiger partial charge in [-0.15, -0.1) is 0 Å². The fourth-order valence-electron chi connectivity index (χ4n) is 1.56. The van der Waals surface area contributed by atoms with Crippen LogP contribution in [0.1, 0.15) is 15.9 Å². The van der Waals surface area contributed by atoms with E-state index in [1.807, 2.05) is 6.07 Å². The number of nitriles is 1. The minimum Gasteiger partial charge on any atom is -0.478 e. The maximum absolute atomic E-state index is 13.8. The molecule has 1 aromatic heterocycles. The largest absolute Gasteiger partial charge is 0.478 e. The number of benzene rings is 1. The number of aromatic nitrogens is 1. The Morgan fingerprint density at radius 3 is 2.71 bits per heavy atom. The third-order valence-electron chi connectivity index (χ3n) is 2.54. The van der Waals surface area contributed by atoms with E-state index >= 15 is 0 Å². The van der Waals surface area contributed by atoms with Gasteiger partial charge < -0.3 is 10.4 Å². The topological polar surface area (TPSA) is 86.0 Å².